The van der Waals surface area contributed by atoms with Crippen molar-refractivity contribution in [3.8, 4) is 0 Å². The highest BCUT2D eigenvalue weighted by atomic mass is 32.2. The summed E-state index contributed by atoms with van der Waals surface area (Å²) in [7, 11) is 0. The fraction of sp³-hybridized carbons (Fsp3) is 0.640. The molecule has 34 heavy (non-hydrogen) atoms. The van der Waals surface area contributed by atoms with Crippen molar-refractivity contribution in [3.63, 3.8) is 0 Å². The Balaban J connectivity index is 0.000000560. The molecule has 1 amide bonds. The third kappa shape index (κ3) is 4.33. The minimum absolute atomic E-state index is 0.145. The molecule has 1 aromatic heterocycles. The predicted molar refractivity (Wildman–Crippen MR) is 126 cm³/mol. The van der Waals surface area contributed by atoms with Crippen LogP contribution in [0.3, 0.4) is 0 Å². The molecule has 1 aromatic carbocycles. The smallest absolute Gasteiger partial charge is 0.229 e. The first-order chi connectivity index (χ1) is 16.3. The number of nitrogens with two attached hydrogens (primary N) is 1. The molecule has 2 N–H and O–H groups in total. The van der Waals surface area contributed by atoms with Gasteiger partial charge in [0.2, 0.25) is 11.8 Å². The van der Waals surface area contributed by atoms with Crippen LogP contribution in [0.15, 0.2) is 34.9 Å². The van der Waals surface area contributed by atoms with E-state index >= 15 is 0 Å². The van der Waals surface area contributed by atoms with Gasteiger partial charge in [0, 0.05) is 47.5 Å². The quantitative estimate of drug-likeness (QED) is 0.660. The summed E-state index contributed by atoms with van der Waals surface area (Å²) in [5.74, 6) is 3.61. The van der Waals surface area contributed by atoms with Gasteiger partial charge in [0.15, 0.2) is 5.82 Å². The van der Waals surface area contributed by atoms with Gasteiger partial charge in [-0.15, -0.1) is 0 Å². The Morgan fingerprint density at radius 2 is 1.82 bits per heavy atom. The van der Waals surface area contributed by atoms with Crippen molar-refractivity contribution in [1.82, 2.24) is 15.0 Å². The van der Waals surface area contributed by atoms with Gasteiger partial charge < -0.3 is 14.0 Å². The van der Waals surface area contributed by atoms with Gasteiger partial charge in [-0.3, -0.25) is 14.1 Å². The highest BCUT2D eigenvalue weighted by molar-refractivity contribution is 7.76. The topological polar surface area (TPSA) is 125 Å². The fourth-order valence-corrected chi connectivity index (χ4v) is 6.87. The molecule has 0 spiro atoms. The molecular formula is C25H33N4O4S-. The van der Waals surface area contributed by atoms with Crippen LogP contribution in [0, 0.1) is 17.3 Å². The Kier molecular flexibility index (Phi) is 6.37. The fourth-order valence-electron chi connectivity index (χ4n) is 6.87. The average Bonchev–Trinajstić information content (AvgIpc) is 3.42. The number of hydrogen-bond acceptors (Lipinski definition) is 6. The summed E-state index contributed by atoms with van der Waals surface area (Å²) in [4.78, 5) is 20.1. The zero-order chi connectivity index (χ0) is 24.0. The lowest BCUT2D eigenvalue weighted by molar-refractivity contribution is -0.133. The van der Waals surface area contributed by atoms with Gasteiger partial charge in [-0.25, -0.2) is 0 Å². The van der Waals surface area contributed by atoms with Crippen LogP contribution in [0.5, 0.6) is 0 Å². The Bertz CT molecular complexity index is 1050. The van der Waals surface area contributed by atoms with Crippen LogP contribution in [0.2, 0.25) is 0 Å². The van der Waals surface area contributed by atoms with Crippen LogP contribution in [0.4, 0.5) is 0 Å². The van der Waals surface area contributed by atoms with Crippen molar-refractivity contribution < 1.29 is 18.1 Å². The van der Waals surface area contributed by atoms with Gasteiger partial charge in [0.05, 0.1) is 0 Å². The number of carbonyl (C=O) groups excluding carboxylic acids is 1. The van der Waals surface area contributed by atoms with E-state index in [1.54, 1.807) is 0 Å². The molecule has 0 radical (unpaired) electrons. The molecular weight excluding hydrogens is 452 g/mol. The lowest BCUT2D eigenvalue weighted by Crippen LogP contribution is -2.36. The standard InChI is InChI=1S/C25H31N3O2.H3NO2S/c1-25(2)20(15-8-4-3-5-9-15)21(25)22-26-23(30-27-22)16-12-17-14-28(18-10-6-7-11-18)24(29)19(17)13-16;1-4(2)3/h3-5,8-9,16-21H,6-7,10-14H2,1-2H3;1H2,(H,2,3)/p-1/t16?,17?,19?,20-,21+;/m0./s1. The first kappa shape index (κ1) is 23.6. The van der Waals surface area contributed by atoms with Gasteiger partial charge in [0.1, 0.15) is 0 Å². The molecule has 0 bridgehead atoms. The summed E-state index contributed by atoms with van der Waals surface area (Å²) in [6, 6.07) is 11.2. The summed E-state index contributed by atoms with van der Waals surface area (Å²) >= 11 is -2.36. The Labute approximate surface area is 203 Å². The van der Waals surface area contributed by atoms with E-state index < -0.39 is 11.3 Å². The number of amides is 1. The molecule has 6 atom stereocenters. The molecule has 4 aliphatic rings. The van der Waals surface area contributed by atoms with Crippen molar-refractivity contribution in [1.29, 1.82) is 0 Å². The average molecular weight is 486 g/mol. The zero-order valence-corrected chi connectivity index (χ0v) is 20.6. The summed E-state index contributed by atoms with van der Waals surface area (Å²) in [5, 5.41) is 8.43. The molecule has 3 saturated carbocycles. The summed E-state index contributed by atoms with van der Waals surface area (Å²) < 4.78 is 23.3. The third-order valence-corrected chi connectivity index (χ3v) is 8.56. The lowest BCUT2D eigenvalue weighted by atomic mass is 10.0. The van der Waals surface area contributed by atoms with Gasteiger partial charge in [-0.05, 0) is 42.6 Å². The first-order valence-corrected chi connectivity index (χ1v) is 13.4. The molecule has 6 rings (SSSR count). The van der Waals surface area contributed by atoms with E-state index in [0.717, 1.165) is 31.1 Å². The normalized spacial score (nSPS) is 32.9. The first-order valence-electron chi connectivity index (χ1n) is 12.3. The second-order valence-corrected chi connectivity index (χ2v) is 11.4. The van der Waals surface area contributed by atoms with E-state index in [4.69, 9.17) is 18.3 Å². The molecule has 8 nitrogen and oxygen atoms in total. The maximum Gasteiger partial charge on any atom is 0.229 e. The minimum atomic E-state index is -2.36. The zero-order valence-electron chi connectivity index (χ0n) is 19.8. The highest BCUT2D eigenvalue weighted by Crippen LogP contribution is 2.69. The van der Waals surface area contributed by atoms with E-state index in [1.807, 2.05) is 0 Å². The third-order valence-electron chi connectivity index (χ3n) is 8.56. The van der Waals surface area contributed by atoms with Crippen LogP contribution >= 0.6 is 0 Å². The summed E-state index contributed by atoms with van der Waals surface area (Å²) in [6.07, 6.45) is 6.84. The molecule has 3 aliphatic carbocycles. The van der Waals surface area contributed by atoms with E-state index in [-0.39, 0.29) is 17.3 Å². The number of benzene rings is 1. The molecule has 2 heterocycles. The maximum absolute atomic E-state index is 13.0. The van der Waals surface area contributed by atoms with E-state index in [1.165, 1.54) is 31.2 Å². The summed E-state index contributed by atoms with van der Waals surface area (Å²) in [5.41, 5.74) is 1.50. The number of fused-ring (bicyclic) bond motifs is 1. The monoisotopic (exact) mass is 485 g/mol. The van der Waals surface area contributed by atoms with Crippen LogP contribution < -0.4 is 5.14 Å². The molecule has 1 aliphatic heterocycles. The molecule has 184 valence electrons. The lowest BCUT2D eigenvalue weighted by Gasteiger charge is -2.25. The van der Waals surface area contributed by atoms with Crippen molar-refractivity contribution in [2.75, 3.05) is 6.54 Å². The van der Waals surface area contributed by atoms with Crippen LogP contribution in [0.25, 0.3) is 0 Å². The van der Waals surface area contributed by atoms with Gasteiger partial charge in [-0.1, -0.05) is 62.2 Å². The van der Waals surface area contributed by atoms with Gasteiger partial charge in [0.25, 0.3) is 0 Å². The Hall–Kier alpha value is -2.10. The number of rotatable bonds is 4. The van der Waals surface area contributed by atoms with Crippen LogP contribution in [-0.4, -0.2) is 42.3 Å². The molecule has 2 aromatic rings. The molecule has 4 fully saturated rings. The van der Waals surface area contributed by atoms with Crippen LogP contribution in [-0.2, 0) is 16.1 Å². The van der Waals surface area contributed by atoms with Gasteiger partial charge >= 0.3 is 0 Å². The number of hydrogen-bond donors (Lipinski definition) is 1. The SMILES string of the molecule is CC1(C)[C@@H](c2ccccc2)[C@@H]1c1noc(C2CC3CN(C4CCCC4)C(=O)C3C2)n1.NS(=O)[O-]. The molecule has 4 unspecified atom stereocenters. The molecule has 9 heteroatoms. The maximum atomic E-state index is 13.0. The van der Waals surface area contributed by atoms with Crippen molar-refractivity contribution in [2.24, 2.45) is 22.4 Å². The van der Waals surface area contributed by atoms with Crippen molar-refractivity contribution in [2.45, 2.75) is 76.2 Å². The van der Waals surface area contributed by atoms with Gasteiger partial charge in [-0.2, -0.15) is 4.98 Å². The largest absolute Gasteiger partial charge is 0.760 e. The van der Waals surface area contributed by atoms with E-state index in [2.05, 4.69) is 59.4 Å². The van der Waals surface area contributed by atoms with Crippen molar-refractivity contribution >= 4 is 17.2 Å². The summed E-state index contributed by atoms with van der Waals surface area (Å²) in [6.45, 7) is 5.53. The number of carbonyl (C=O) groups is 1. The Morgan fingerprint density at radius 3 is 2.47 bits per heavy atom. The van der Waals surface area contributed by atoms with E-state index in [9.17, 15) is 4.79 Å². The predicted octanol–water partition coefficient (Wildman–Crippen LogP) is 3.61. The highest BCUT2D eigenvalue weighted by Gasteiger charge is 2.61. The van der Waals surface area contributed by atoms with Crippen molar-refractivity contribution in [3.05, 3.63) is 47.6 Å². The molecule has 1 saturated heterocycles. The van der Waals surface area contributed by atoms with E-state index in [0.29, 0.717) is 29.7 Å². The Morgan fingerprint density at radius 1 is 1.15 bits per heavy atom. The number of aromatic nitrogens is 2. The second-order valence-electron chi connectivity index (χ2n) is 10.9. The minimum Gasteiger partial charge on any atom is -0.760 e. The van der Waals surface area contributed by atoms with Crippen LogP contribution in [0.1, 0.15) is 87.4 Å². The second kappa shape index (κ2) is 9.17. The number of nitrogens with zero attached hydrogens (tertiary/aromatic N) is 3. The number of likely N-dealkylation sites (tertiary alicyclic amines) is 1.